The fourth-order valence-corrected chi connectivity index (χ4v) is 1.38. The van der Waals surface area contributed by atoms with E-state index in [4.69, 9.17) is 9.57 Å². The van der Waals surface area contributed by atoms with Crippen LogP contribution in [0.1, 0.15) is 20.8 Å². The maximum atomic E-state index is 5.31. The quantitative estimate of drug-likeness (QED) is 0.504. The summed E-state index contributed by atoms with van der Waals surface area (Å²) in [6.07, 6.45) is 0.156. The summed E-state index contributed by atoms with van der Waals surface area (Å²) in [4.78, 5) is 7.65. The van der Waals surface area contributed by atoms with Crippen LogP contribution < -0.4 is 0 Å². The van der Waals surface area contributed by atoms with Crippen molar-refractivity contribution in [3.63, 3.8) is 0 Å². The van der Waals surface area contributed by atoms with Crippen molar-refractivity contribution in [3.8, 4) is 0 Å². The van der Waals surface area contributed by atoms with E-state index in [2.05, 4.69) is 10.1 Å². The van der Waals surface area contributed by atoms with Gasteiger partial charge in [-0.05, 0) is 20.8 Å². The minimum atomic E-state index is 0.156. The molecule has 1 aliphatic heterocycles. The van der Waals surface area contributed by atoms with Crippen LogP contribution in [0.2, 0.25) is 0 Å². The lowest BCUT2D eigenvalue weighted by atomic mass is 10.3. The smallest absolute Gasteiger partial charge is 0.137 e. The molecule has 1 heterocycles. The van der Waals surface area contributed by atoms with Crippen molar-refractivity contribution in [3.05, 3.63) is 0 Å². The van der Waals surface area contributed by atoms with E-state index in [1.165, 1.54) is 0 Å². The van der Waals surface area contributed by atoms with Gasteiger partial charge in [0.05, 0.1) is 18.9 Å². The van der Waals surface area contributed by atoms with Crippen LogP contribution in [0.25, 0.3) is 0 Å². The van der Waals surface area contributed by atoms with Crippen molar-refractivity contribution >= 4 is 5.71 Å². The summed E-state index contributed by atoms with van der Waals surface area (Å²) in [6.45, 7) is 10.5. The van der Waals surface area contributed by atoms with Gasteiger partial charge in [-0.2, -0.15) is 0 Å². The van der Waals surface area contributed by atoms with Crippen LogP contribution in [0.5, 0.6) is 0 Å². The highest BCUT2D eigenvalue weighted by Gasteiger charge is 2.13. The number of hydrogen-bond donors (Lipinski definition) is 0. The zero-order valence-corrected chi connectivity index (χ0v) is 9.32. The number of nitrogens with zero attached hydrogens (tertiary/aromatic N) is 2. The molecule has 0 saturated carbocycles. The minimum absolute atomic E-state index is 0.156. The van der Waals surface area contributed by atoms with E-state index < -0.39 is 0 Å². The first-order valence-electron chi connectivity index (χ1n) is 5.15. The van der Waals surface area contributed by atoms with Crippen molar-refractivity contribution < 1.29 is 9.57 Å². The van der Waals surface area contributed by atoms with Gasteiger partial charge in [-0.25, -0.2) is 0 Å². The Balaban J connectivity index is 2.18. The normalized spacial score (nSPS) is 20.2. The molecule has 0 N–H and O–H groups in total. The van der Waals surface area contributed by atoms with Crippen LogP contribution in [-0.4, -0.2) is 49.6 Å². The second-order valence-corrected chi connectivity index (χ2v) is 3.87. The van der Waals surface area contributed by atoms with Crippen LogP contribution in [0.3, 0.4) is 0 Å². The summed E-state index contributed by atoms with van der Waals surface area (Å²) in [6, 6.07) is 0. The molecule has 1 rings (SSSR count). The highest BCUT2D eigenvalue weighted by Crippen LogP contribution is 2.01. The summed E-state index contributed by atoms with van der Waals surface area (Å²) in [7, 11) is 0. The van der Waals surface area contributed by atoms with Gasteiger partial charge in [0.2, 0.25) is 0 Å². The molecule has 4 nitrogen and oxygen atoms in total. The van der Waals surface area contributed by atoms with Gasteiger partial charge >= 0.3 is 0 Å². The molecular weight excluding hydrogens is 180 g/mol. The highest BCUT2D eigenvalue weighted by molar-refractivity contribution is 5.78. The number of rotatable bonds is 4. The number of ether oxygens (including phenoxy) is 1. The van der Waals surface area contributed by atoms with Gasteiger partial charge in [-0.15, -0.1) is 0 Å². The molecule has 1 fully saturated rings. The molecule has 0 amide bonds. The molecule has 0 aromatic heterocycles. The first-order chi connectivity index (χ1) is 6.68. The third kappa shape index (κ3) is 4.58. The zero-order chi connectivity index (χ0) is 10.4. The Morgan fingerprint density at radius 1 is 1.43 bits per heavy atom. The van der Waals surface area contributed by atoms with Crippen molar-refractivity contribution in [2.24, 2.45) is 5.16 Å². The molecule has 1 saturated heterocycles. The monoisotopic (exact) mass is 200 g/mol. The molecular formula is C10H20N2O2. The van der Waals surface area contributed by atoms with Gasteiger partial charge in [0.25, 0.3) is 0 Å². The van der Waals surface area contributed by atoms with E-state index in [-0.39, 0.29) is 6.10 Å². The van der Waals surface area contributed by atoms with E-state index in [9.17, 15) is 0 Å². The average Bonchev–Trinajstić information content (AvgIpc) is 2.16. The van der Waals surface area contributed by atoms with E-state index in [0.717, 1.165) is 38.6 Å². The van der Waals surface area contributed by atoms with Gasteiger partial charge in [0, 0.05) is 19.6 Å². The fraction of sp³-hybridized carbons (Fsp3) is 0.900. The number of oxime groups is 1. The van der Waals surface area contributed by atoms with Crippen molar-refractivity contribution in [2.45, 2.75) is 26.9 Å². The number of morpholine rings is 1. The standard InChI is InChI=1S/C10H20N2O2/c1-9(2)11-14-10(3)8-12-4-6-13-7-5-12/h10H,4-8H2,1-3H3. The van der Waals surface area contributed by atoms with Gasteiger partial charge < -0.3 is 9.57 Å². The van der Waals surface area contributed by atoms with Crippen LogP contribution in [0.15, 0.2) is 5.16 Å². The topological polar surface area (TPSA) is 34.1 Å². The maximum absolute atomic E-state index is 5.31. The summed E-state index contributed by atoms with van der Waals surface area (Å²) < 4.78 is 5.27. The van der Waals surface area contributed by atoms with Gasteiger partial charge in [-0.3, -0.25) is 4.90 Å². The first kappa shape index (κ1) is 11.5. The van der Waals surface area contributed by atoms with Crippen LogP contribution in [0, 0.1) is 0 Å². The third-order valence-corrected chi connectivity index (χ3v) is 2.03. The van der Waals surface area contributed by atoms with Gasteiger partial charge in [-0.1, -0.05) is 5.16 Å². The molecule has 1 aliphatic rings. The predicted molar refractivity (Wildman–Crippen MR) is 56.6 cm³/mol. The second-order valence-electron chi connectivity index (χ2n) is 3.87. The summed E-state index contributed by atoms with van der Waals surface area (Å²) in [5.74, 6) is 0. The molecule has 1 unspecified atom stereocenters. The minimum Gasteiger partial charge on any atom is -0.391 e. The molecule has 0 aromatic rings. The lowest BCUT2D eigenvalue weighted by molar-refractivity contribution is -0.00423. The van der Waals surface area contributed by atoms with E-state index in [0.29, 0.717) is 0 Å². The van der Waals surface area contributed by atoms with Crippen molar-refractivity contribution in [1.29, 1.82) is 0 Å². The number of hydrogen-bond acceptors (Lipinski definition) is 4. The van der Waals surface area contributed by atoms with E-state index in [1.807, 2.05) is 20.8 Å². The third-order valence-electron chi connectivity index (χ3n) is 2.03. The molecule has 0 bridgehead atoms. The Morgan fingerprint density at radius 2 is 2.07 bits per heavy atom. The maximum Gasteiger partial charge on any atom is 0.137 e. The molecule has 82 valence electrons. The lowest BCUT2D eigenvalue weighted by Crippen LogP contribution is -2.40. The first-order valence-corrected chi connectivity index (χ1v) is 5.15. The van der Waals surface area contributed by atoms with Crippen LogP contribution in [-0.2, 0) is 9.57 Å². The average molecular weight is 200 g/mol. The molecule has 0 aromatic carbocycles. The molecule has 0 radical (unpaired) electrons. The summed E-state index contributed by atoms with van der Waals surface area (Å²) >= 11 is 0. The molecule has 0 spiro atoms. The van der Waals surface area contributed by atoms with Crippen molar-refractivity contribution in [2.75, 3.05) is 32.8 Å². The zero-order valence-electron chi connectivity index (χ0n) is 9.32. The fourth-order valence-electron chi connectivity index (χ4n) is 1.38. The Kier molecular flexibility index (Phi) is 4.90. The molecule has 0 aliphatic carbocycles. The predicted octanol–water partition coefficient (Wildman–Crippen LogP) is 1.12. The van der Waals surface area contributed by atoms with E-state index in [1.54, 1.807) is 0 Å². The second kappa shape index (κ2) is 5.98. The lowest BCUT2D eigenvalue weighted by Gasteiger charge is -2.28. The van der Waals surface area contributed by atoms with E-state index >= 15 is 0 Å². The SMILES string of the molecule is CC(C)=NOC(C)CN1CCOCC1. The Hall–Kier alpha value is -0.610. The molecule has 1 atom stereocenters. The van der Waals surface area contributed by atoms with Crippen LogP contribution >= 0.6 is 0 Å². The molecule has 4 heteroatoms. The highest BCUT2D eigenvalue weighted by atomic mass is 16.6. The summed E-state index contributed by atoms with van der Waals surface area (Å²) in [5.41, 5.74) is 0.957. The summed E-state index contributed by atoms with van der Waals surface area (Å²) in [5, 5.41) is 3.95. The Morgan fingerprint density at radius 3 is 2.64 bits per heavy atom. The Bertz CT molecular complexity index is 185. The van der Waals surface area contributed by atoms with Crippen LogP contribution in [0.4, 0.5) is 0 Å². The molecule has 14 heavy (non-hydrogen) atoms. The van der Waals surface area contributed by atoms with Crippen molar-refractivity contribution in [1.82, 2.24) is 4.90 Å². The Labute approximate surface area is 85.9 Å². The largest absolute Gasteiger partial charge is 0.391 e. The van der Waals surface area contributed by atoms with Gasteiger partial charge in [0.1, 0.15) is 6.10 Å². The van der Waals surface area contributed by atoms with Gasteiger partial charge in [0.15, 0.2) is 0 Å².